The molecule has 0 aliphatic rings. The fourth-order valence-electron chi connectivity index (χ4n) is 2.17. The Hall–Kier alpha value is -1.90. The summed E-state index contributed by atoms with van der Waals surface area (Å²) in [5.74, 6) is -1.10. The van der Waals surface area contributed by atoms with Crippen LogP contribution in [0, 0.1) is 0 Å². The number of hydrogen-bond donors (Lipinski definition) is 1. The molecule has 0 aromatic heterocycles. The van der Waals surface area contributed by atoms with Crippen molar-refractivity contribution in [3.05, 3.63) is 59.6 Å². The molecule has 1 N–H and O–H groups in total. The SMILES string of the molecule is C[C@@H](C(=O)NCCS(=O)(=O)c1ccc(Cl)cc1)S(=O)(=O)c1ccccc1. The van der Waals surface area contributed by atoms with Crippen LogP contribution in [-0.2, 0) is 24.5 Å². The lowest BCUT2D eigenvalue weighted by molar-refractivity contribution is -0.120. The maximum Gasteiger partial charge on any atom is 0.238 e. The average molecular weight is 416 g/mol. The lowest BCUT2D eigenvalue weighted by Gasteiger charge is -2.13. The molecule has 1 amide bonds. The highest BCUT2D eigenvalue weighted by atomic mass is 35.5. The normalized spacial score (nSPS) is 13.2. The van der Waals surface area contributed by atoms with Crippen LogP contribution in [0.1, 0.15) is 6.92 Å². The van der Waals surface area contributed by atoms with E-state index in [4.69, 9.17) is 11.6 Å². The van der Waals surface area contributed by atoms with Crippen molar-refractivity contribution in [3.8, 4) is 0 Å². The second kappa shape index (κ2) is 8.20. The molecule has 140 valence electrons. The molecule has 26 heavy (non-hydrogen) atoms. The Kier molecular flexibility index (Phi) is 6.44. The fraction of sp³-hybridized carbons (Fsp3) is 0.235. The first-order chi connectivity index (χ1) is 12.1. The van der Waals surface area contributed by atoms with Gasteiger partial charge >= 0.3 is 0 Å². The summed E-state index contributed by atoms with van der Waals surface area (Å²) in [6.45, 7) is 1.07. The number of carbonyl (C=O) groups excluding carboxylic acids is 1. The highest BCUT2D eigenvalue weighted by Gasteiger charge is 2.29. The Balaban J connectivity index is 1.99. The summed E-state index contributed by atoms with van der Waals surface area (Å²) in [6, 6.07) is 13.3. The van der Waals surface area contributed by atoms with Crippen molar-refractivity contribution in [1.82, 2.24) is 5.32 Å². The van der Waals surface area contributed by atoms with Crippen molar-refractivity contribution < 1.29 is 21.6 Å². The van der Waals surface area contributed by atoms with Crippen LogP contribution < -0.4 is 5.32 Å². The molecule has 0 aliphatic carbocycles. The zero-order valence-corrected chi connectivity index (χ0v) is 16.3. The molecule has 0 heterocycles. The quantitative estimate of drug-likeness (QED) is 0.746. The topological polar surface area (TPSA) is 97.4 Å². The van der Waals surface area contributed by atoms with Crippen LogP contribution in [0.15, 0.2) is 64.4 Å². The number of amides is 1. The van der Waals surface area contributed by atoms with Gasteiger partial charge in [0.05, 0.1) is 15.5 Å². The highest BCUT2D eigenvalue weighted by molar-refractivity contribution is 7.92. The minimum atomic E-state index is -3.84. The monoisotopic (exact) mass is 415 g/mol. The number of carbonyl (C=O) groups is 1. The molecule has 2 rings (SSSR count). The van der Waals surface area contributed by atoms with Crippen molar-refractivity contribution in [2.24, 2.45) is 0 Å². The summed E-state index contributed by atoms with van der Waals surface area (Å²) >= 11 is 5.73. The average Bonchev–Trinajstić information content (AvgIpc) is 2.62. The van der Waals surface area contributed by atoms with Crippen LogP contribution in [0.3, 0.4) is 0 Å². The third-order valence-corrected chi connectivity index (χ3v) is 7.81. The second-order valence-corrected chi connectivity index (χ2v) is 10.4. The van der Waals surface area contributed by atoms with Crippen LogP contribution in [-0.4, -0.2) is 40.3 Å². The molecule has 9 heteroatoms. The van der Waals surface area contributed by atoms with E-state index < -0.39 is 30.8 Å². The van der Waals surface area contributed by atoms with Gasteiger partial charge in [-0.25, -0.2) is 16.8 Å². The predicted molar refractivity (Wildman–Crippen MR) is 99.6 cm³/mol. The van der Waals surface area contributed by atoms with E-state index in [0.717, 1.165) is 0 Å². The fourth-order valence-corrected chi connectivity index (χ4v) is 4.76. The van der Waals surface area contributed by atoms with Gasteiger partial charge in [-0.2, -0.15) is 0 Å². The highest BCUT2D eigenvalue weighted by Crippen LogP contribution is 2.16. The molecule has 1 atom stereocenters. The van der Waals surface area contributed by atoms with E-state index in [2.05, 4.69) is 5.32 Å². The lowest BCUT2D eigenvalue weighted by atomic mass is 10.4. The van der Waals surface area contributed by atoms with Gasteiger partial charge in [-0.15, -0.1) is 0 Å². The number of halogens is 1. The Labute approximate surface area is 158 Å². The van der Waals surface area contributed by atoms with Crippen LogP contribution >= 0.6 is 11.6 Å². The molecular weight excluding hydrogens is 398 g/mol. The molecular formula is C17H18ClNO5S2. The molecule has 0 unspecified atom stereocenters. The predicted octanol–water partition coefficient (Wildman–Crippen LogP) is 2.09. The molecule has 0 spiro atoms. The van der Waals surface area contributed by atoms with Crippen LogP contribution in [0.4, 0.5) is 0 Å². The van der Waals surface area contributed by atoms with E-state index in [9.17, 15) is 21.6 Å². The number of hydrogen-bond acceptors (Lipinski definition) is 5. The molecule has 0 saturated carbocycles. The summed E-state index contributed by atoms with van der Waals surface area (Å²) in [7, 11) is -7.45. The van der Waals surface area contributed by atoms with Gasteiger partial charge in [0, 0.05) is 11.6 Å². The number of rotatable bonds is 7. The van der Waals surface area contributed by atoms with Crippen molar-refractivity contribution >= 4 is 37.2 Å². The zero-order chi connectivity index (χ0) is 19.4. The van der Waals surface area contributed by atoms with Crippen molar-refractivity contribution in [1.29, 1.82) is 0 Å². The van der Waals surface area contributed by atoms with E-state index >= 15 is 0 Å². The van der Waals surface area contributed by atoms with E-state index in [-0.39, 0.29) is 22.1 Å². The first kappa shape index (κ1) is 20.4. The summed E-state index contributed by atoms with van der Waals surface area (Å²) in [4.78, 5) is 12.3. The lowest BCUT2D eigenvalue weighted by Crippen LogP contribution is -2.39. The minimum Gasteiger partial charge on any atom is -0.354 e. The largest absolute Gasteiger partial charge is 0.354 e. The Morgan fingerprint density at radius 2 is 1.54 bits per heavy atom. The summed E-state index contributed by atoms with van der Waals surface area (Å²) in [5.41, 5.74) is 0. The molecule has 2 aromatic carbocycles. The summed E-state index contributed by atoms with van der Waals surface area (Å²) in [5, 5.41) is 1.46. The van der Waals surface area contributed by atoms with Crippen molar-refractivity contribution in [2.75, 3.05) is 12.3 Å². The molecule has 6 nitrogen and oxygen atoms in total. The van der Waals surface area contributed by atoms with E-state index in [1.807, 2.05) is 0 Å². The van der Waals surface area contributed by atoms with Crippen LogP contribution in [0.2, 0.25) is 5.02 Å². The van der Waals surface area contributed by atoms with Gasteiger partial charge in [-0.3, -0.25) is 4.79 Å². The van der Waals surface area contributed by atoms with E-state index in [1.54, 1.807) is 18.2 Å². The second-order valence-electron chi connectivity index (χ2n) is 5.56. The van der Waals surface area contributed by atoms with E-state index in [1.165, 1.54) is 43.3 Å². The zero-order valence-electron chi connectivity index (χ0n) is 13.9. The van der Waals surface area contributed by atoms with E-state index in [0.29, 0.717) is 5.02 Å². The van der Waals surface area contributed by atoms with Gasteiger partial charge in [-0.1, -0.05) is 29.8 Å². The third-order valence-electron chi connectivity index (χ3n) is 3.75. The van der Waals surface area contributed by atoms with Gasteiger partial charge in [-0.05, 0) is 43.3 Å². The van der Waals surface area contributed by atoms with Gasteiger partial charge in [0.15, 0.2) is 19.7 Å². The molecule has 2 aromatic rings. The number of nitrogens with one attached hydrogen (secondary N) is 1. The van der Waals surface area contributed by atoms with Crippen molar-refractivity contribution in [3.63, 3.8) is 0 Å². The summed E-state index contributed by atoms with van der Waals surface area (Å²) < 4.78 is 49.2. The minimum absolute atomic E-state index is 0.0384. The Bertz CT molecular complexity index is 972. The molecule has 0 fully saturated rings. The van der Waals surface area contributed by atoms with Gasteiger partial charge in [0.25, 0.3) is 0 Å². The smallest absolute Gasteiger partial charge is 0.238 e. The molecule has 0 saturated heterocycles. The van der Waals surface area contributed by atoms with Gasteiger partial charge in [0.1, 0.15) is 5.25 Å². The van der Waals surface area contributed by atoms with Gasteiger partial charge in [0.2, 0.25) is 5.91 Å². The first-order valence-electron chi connectivity index (χ1n) is 7.69. The van der Waals surface area contributed by atoms with Gasteiger partial charge < -0.3 is 5.32 Å². The number of sulfone groups is 2. The molecule has 0 bridgehead atoms. The third kappa shape index (κ3) is 4.84. The van der Waals surface area contributed by atoms with Crippen LogP contribution in [0.5, 0.6) is 0 Å². The Morgan fingerprint density at radius 3 is 2.12 bits per heavy atom. The molecule has 0 radical (unpaired) electrons. The Morgan fingerprint density at radius 1 is 0.962 bits per heavy atom. The first-order valence-corrected chi connectivity index (χ1v) is 11.3. The molecule has 0 aliphatic heterocycles. The maximum atomic E-state index is 12.4. The number of benzene rings is 2. The van der Waals surface area contributed by atoms with Crippen molar-refractivity contribution in [2.45, 2.75) is 22.0 Å². The maximum absolute atomic E-state index is 12.4. The van der Waals surface area contributed by atoms with Crippen LogP contribution in [0.25, 0.3) is 0 Å². The standard InChI is InChI=1S/C17H18ClNO5S2/c1-13(26(23,24)16-5-3-2-4-6-16)17(20)19-11-12-25(21,22)15-9-7-14(18)8-10-15/h2-10,13H,11-12H2,1H3,(H,19,20)/t13-/m0/s1. The summed E-state index contributed by atoms with van der Waals surface area (Å²) in [6.07, 6.45) is 0.